The number of Topliss-reactive ketones (excluding diaryl/α,β-unsaturated/α-hetero) is 1. The lowest BCUT2D eigenvalue weighted by Gasteiger charge is -2.32. The van der Waals surface area contributed by atoms with Crippen LogP contribution in [0.25, 0.3) is 11.0 Å². The fourth-order valence-corrected chi connectivity index (χ4v) is 3.83. The first kappa shape index (κ1) is 17.1. The number of aromatic amines is 1. The van der Waals surface area contributed by atoms with E-state index in [1.807, 2.05) is 28.8 Å². The van der Waals surface area contributed by atoms with Crippen LogP contribution in [0.15, 0.2) is 53.3 Å². The molecule has 1 saturated heterocycles. The first-order valence-corrected chi connectivity index (χ1v) is 9.20. The lowest BCUT2D eigenvalue weighted by atomic mass is 10.0. The summed E-state index contributed by atoms with van der Waals surface area (Å²) in [5.74, 6) is 0.101. The molecule has 5 nitrogen and oxygen atoms in total. The molecule has 0 atom stereocenters. The van der Waals surface area contributed by atoms with Crippen molar-refractivity contribution in [2.45, 2.75) is 18.9 Å². The van der Waals surface area contributed by atoms with Crippen LogP contribution in [-0.4, -0.2) is 39.9 Å². The molecule has 4 rings (SSSR count). The van der Waals surface area contributed by atoms with E-state index in [1.165, 1.54) is 0 Å². The van der Waals surface area contributed by atoms with E-state index in [2.05, 4.69) is 9.88 Å². The van der Waals surface area contributed by atoms with Crippen molar-refractivity contribution in [1.82, 2.24) is 14.5 Å². The van der Waals surface area contributed by atoms with Crippen molar-refractivity contribution in [3.8, 4) is 0 Å². The molecule has 6 heteroatoms. The summed E-state index contributed by atoms with van der Waals surface area (Å²) in [5, 5.41) is 0.631. The Morgan fingerprint density at radius 3 is 2.50 bits per heavy atom. The maximum Gasteiger partial charge on any atom is 0.326 e. The summed E-state index contributed by atoms with van der Waals surface area (Å²) in [5.41, 5.74) is 2.46. The number of fused-ring (bicyclic) bond motifs is 1. The zero-order chi connectivity index (χ0) is 18.1. The Labute approximate surface area is 156 Å². The number of hydrogen-bond donors (Lipinski definition) is 1. The molecule has 26 heavy (non-hydrogen) atoms. The van der Waals surface area contributed by atoms with E-state index in [0.717, 1.165) is 37.0 Å². The molecule has 1 N–H and O–H groups in total. The third-order valence-corrected chi connectivity index (χ3v) is 5.33. The molecule has 0 bridgehead atoms. The fourth-order valence-electron chi connectivity index (χ4n) is 3.70. The second-order valence-electron chi connectivity index (χ2n) is 6.75. The number of benzene rings is 2. The van der Waals surface area contributed by atoms with Crippen LogP contribution in [0.4, 0.5) is 0 Å². The highest BCUT2D eigenvalue weighted by Gasteiger charge is 2.24. The zero-order valence-corrected chi connectivity index (χ0v) is 15.1. The number of rotatable bonds is 4. The maximum absolute atomic E-state index is 12.4. The molecule has 0 amide bonds. The molecule has 0 unspecified atom stereocenters. The lowest BCUT2D eigenvalue weighted by Crippen LogP contribution is -2.39. The molecule has 0 saturated carbocycles. The van der Waals surface area contributed by atoms with Crippen molar-refractivity contribution in [3.63, 3.8) is 0 Å². The number of piperidine rings is 1. The Morgan fingerprint density at radius 1 is 1.08 bits per heavy atom. The number of ketones is 1. The van der Waals surface area contributed by atoms with Gasteiger partial charge in [-0.1, -0.05) is 23.7 Å². The van der Waals surface area contributed by atoms with E-state index in [4.69, 9.17) is 11.6 Å². The third-order valence-electron chi connectivity index (χ3n) is 5.08. The average Bonchev–Trinajstić information content (AvgIpc) is 2.99. The molecule has 2 aromatic carbocycles. The molecular weight excluding hydrogens is 350 g/mol. The zero-order valence-electron chi connectivity index (χ0n) is 14.3. The average molecular weight is 370 g/mol. The topological polar surface area (TPSA) is 58.1 Å². The minimum absolute atomic E-state index is 0.0538. The number of carbonyl (C=O) groups is 1. The molecule has 0 aliphatic carbocycles. The van der Waals surface area contributed by atoms with Crippen molar-refractivity contribution in [2.75, 3.05) is 19.6 Å². The number of nitrogens with zero attached hydrogens (tertiary/aromatic N) is 2. The van der Waals surface area contributed by atoms with Gasteiger partial charge in [0.1, 0.15) is 0 Å². The van der Waals surface area contributed by atoms with E-state index in [-0.39, 0.29) is 17.5 Å². The predicted octanol–water partition coefficient (Wildman–Crippen LogP) is 3.50. The van der Waals surface area contributed by atoms with Gasteiger partial charge in [-0.25, -0.2) is 4.79 Å². The normalized spacial score (nSPS) is 16.2. The van der Waals surface area contributed by atoms with Crippen LogP contribution in [0.1, 0.15) is 29.2 Å². The van der Waals surface area contributed by atoms with Crippen molar-refractivity contribution in [1.29, 1.82) is 0 Å². The highest BCUT2D eigenvalue weighted by Crippen LogP contribution is 2.25. The van der Waals surface area contributed by atoms with Crippen LogP contribution >= 0.6 is 11.6 Å². The Kier molecular flexibility index (Phi) is 4.66. The second kappa shape index (κ2) is 7.09. The smallest absolute Gasteiger partial charge is 0.306 e. The summed E-state index contributed by atoms with van der Waals surface area (Å²) < 4.78 is 1.87. The molecule has 0 spiro atoms. The van der Waals surface area contributed by atoms with Crippen molar-refractivity contribution in [3.05, 3.63) is 69.6 Å². The van der Waals surface area contributed by atoms with Gasteiger partial charge in [-0.05, 0) is 49.2 Å². The Bertz CT molecular complexity index is 982. The number of hydrogen-bond acceptors (Lipinski definition) is 3. The molecule has 1 aliphatic rings. The number of carbonyl (C=O) groups excluding carboxylic acids is 1. The second-order valence-corrected chi connectivity index (χ2v) is 7.19. The summed E-state index contributed by atoms with van der Waals surface area (Å²) >= 11 is 5.88. The summed E-state index contributed by atoms with van der Waals surface area (Å²) in [6, 6.07) is 15.0. The Hall–Kier alpha value is -2.37. The SMILES string of the molecule is O=C(CN1CCC(n2c(=O)[nH]c3ccccc32)CC1)c1ccc(Cl)cc1. The number of aromatic nitrogens is 2. The molecule has 1 aromatic heterocycles. The summed E-state index contributed by atoms with van der Waals surface area (Å²) in [4.78, 5) is 29.8. The van der Waals surface area contributed by atoms with Crippen molar-refractivity contribution >= 4 is 28.4 Å². The molecule has 134 valence electrons. The standard InChI is InChI=1S/C20H20ClN3O2/c21-15-7-5-14(6-8-15)19(25)13-23-11-9-16(10-12-23)24-18-4-2-1-3-17(18)22-20(24)26/h1-8,16H,9-13H2,(H,22,26). The Morgan fingerprint density at radius 2 is 1.77 bits per heavy atom. The van der Waals surface area contributed by atoms with E-state index in [1.54, 1.807) is 24.3 Å². The van der Waals surface area contributed by atoms with Gasteiger partial charge in [0.25, 0.3) is 0 Å². The van der Waals surface area contributed by atoms with Crippen LogP contribution in [0.3, 0.4) is 0 Å². The van der Waals surface area contributed by atoms with Gasteiger partial charge in [-0.2, -0.15) is 0 Å². The fraction of sp³-hybridized carbons (Fsp3) is 0.300. The predicted molar refractivity (Wildman–Crippen MR) is 103 cm³/mol. The van der Waals surface area contributed by atoms with Gasteiger partial charge < -0.3 is 4.98 Å². The van der Waals surface area contributed by atoms with Gasteiger partial charge in [-0.15, -0.1) is 0 Å². The van der Waals surface area contributed by atoms with Gasteiger partial charge in [0.05, 0.1) is 17.6 Å². The van der Waals surface area contributed by atoms with Gasteiger partial charge in [0.15, 0.2) is 5.78 Å². The molecule has 0 radical (unpaired) electrons. The van der Waals surface area contributed by atoms with Crippen LogP contribution in [0.2, 0.25) is 5.02 Å². The quantitative estimate of drug-likeness (QED) is 0.716. The molecule has 1 fully saturated rings. The van der Waals surface area contributed by atoms with Gasteiger partial charge >= 0.3 is 5.69 Å². The van der Waals surface area contributed by atoms with E-state index in [0.29, 0.717) is 17.1 Å². The van der Waals surface area contributed by atoms with Crippen LogP contribution in [0, 0.1) is 0 Å². The number of H-pyrrole nitrogens is 1. The highest BCUT2D eigenvalue weighted by atomic mass is 35.5. The van der Waals surface area contributed by atoms with Crippen LogP contribution < -0.4 is 5.69 Å². The highest BCUT2D eigenvalue weighted by molar-refractivity contribution is 6.30. The minimum Gasteiger partial charge on any atom is -0.306 e. The number of nitrogens with one attached hydrogen (secondary N) is 1. The molecule has 1 aliphatic heterocycles. The van der Waals surface area contributed by atoms with Gasteiger partial charge in [0.2, 0.25) is 0 Å². The van der Waals surface area contributed by atoms with Crippen molar-refractivity contribution in [2.24, 2.45) is 0 Å². The summed E-state index contributed by atoms with van der Waals surface area (Å²) in [6.45, 7) is 2.00. The number of halogens is 1. The number of imidazole rings is 1. The Balaban J connectivity index is 1.42. The largest absolute Gasteiger partial charge is 0.326 e. The monoisotopic (exact) mass is 369 g/mol. The summed E-state index contributed by atoms with van der Waals surface area (Å²) in [7, 11) is 0. The van der Waals surface area contributed by atoms with E-state index in [9.17, 15) is 9.59 Å². The molecule has 3 aromatic rings. The lowest BCUT2D eigenvalue weighted by molar-refractivity contribution is 0.0898. The summed E-state index contributed by atoms with van der Waals surface area (Å²) in [6.07, 6.45) is 1.71. The van der Waals surface area contributed by atoms with Gasteiger partial charge in [-0.3, -0.25) is 14.3 Å². The maximum atomic E-state index is 12.4. The number of para-hydroxylation sites is 2. The van der Waals surface area contributed by atoms with Crippen molar-refractivity contribution < 1.29 is 4.79 Å². The first-order chi connectivity index (χ1) is 12.6. The van der Waals surface area contributed by atoms with E-state index < -0.39 is 0 Å². The minimum atomic E-state index is -0.0538. The third kappa shape index (κ3) is 3.32. The number of likely N-dealkylation sites (tertiary alicyclic amines) is 1. The molecular formula is C20H20ClN3O2. The van der Waals surface area contributed by atoms with Gasteiger partial charge in [0, 0.05) is 29.7 Å². The van der Waals surface area contributed by atoms with Crippen LogP contribution in [-0.2, 0) is 0 Å². The first-order valence-electron chi connectivity index (χ1n) is 8.82. The van der Waals surface area contributed by atoms with E-state index >= 15 is 0 Å². The molecule has 2 heterocycles. The van der Waals surface area contributed by atoms with Crippen LogP contribution in [0.5, 0.6) is 0 Å².